The summed E-state index contributed by atoms with van der Waals surface area (Å²) in [5.41, 5.74) is 5.79. The highest BCUT2D eigenvalue weighted by Gasteiger charge is 2.32. The number of nitrogens with two attached hydrogens (primary N) is 1. The van der Waals surface area contributed by atoms with E-state index >= 15 is 0 Å². The van der Waals surface area contributed by atoms with Crippen molar-refractivity contribution in [2.45, 2.75) is 24.8 Å². The molecule has 0 aromatic heterocycles. The molecule has 0 heterocycles. The second-order valence-corrected chi connectivity index (χ2v) is 4.04. The van der Waals surface area contributed by atoms with E-state index in [9.17, 15) is 4.79 Å². The van der Waals surface area contributed by atoms with Crippen LogP contribution in [-0.2, 0) is 14.3 Å². The minimum atomic E-state index is -0.164. The fourth-order valence-electron chi connectivity index (χ4n) is 1.44. The average molecular weight is 253 g/mol. The summed E-state index contributed by atoms with van der Waals surface area (Å²) < 4.78 is 9.86. The highest BCUT2D eigenvalue weighted by molar-refractivity contribution is 5.85. The van der Waals surface area contributed by atoms with Gasteiger partial charge in [0, 0.05) is 19.2 Å². The first-order valence-corrected chi connectivity index (χ1v) is 5.28. The molecule has 0 aromatic rings. The molecular formula is C10H21ClN2O3. The highest BCUT2D eigenvalue weighted by atomic mass is 35.5. The van der Waals surface area contributed by atoms with Crippen molar-refractivity contribution >= 4 is 18.3 Å². The van der Waals surface area contributed by atoms with E-state index < -0.39 is 0 Å². The Morgan fingerprint density at radius 1 is 1.44 bits per heavy atom. The minimum Gasteiger partial charge on any atom is -0.382 e. The average Bonchev–Trinajstić information content (AvgIpc) is 2.19. The van der Waals surface area contributed by atoms with E-state index in [1.165, 1.54) is 0 Å². The molecule has 1 amide bonds. The van der Waals surface area contributed by atoms with Gasteiger partial charge in [0.2, 0.25) is 5.91 Å². The molecule has 0 aromatic carbocycles. The van der Waals surface area contributed by atoms with Crippen molar-refractivity contribution in [2.75, 3.05) is 33.5 Å². The van der Waals surface area contributed by atoms with E-state index in [0.717, 1.165) is 19.3 Å². The van der Waals surface area contributed by atoms with E-state index in [-0.39, 0.29) is 30.5 Å². The first-order chi connectivity index (χ1) is 7.16. The molecule has 0 saturated heterocycles. The van der Waals surface area contributed by atoms with Gasteiger partial charge in [-0.25, -0.2) is 0 Å². The number of carbonyl (C=O) groups is 1. The van der Waals surface area contributed by atoms with Crippen molar-refractivity contribution in [1.29, 1.82) is 0 Å². The maximum atomic E-state index is 11.3. The standard InChI is InChI=1S/C10H20N2O3.ClH/c1-14-5-6-15-7-9(13)12-8-10(11)3-2-4-10;/h2-8,11H2,1H3,(H,12,13);1H. The molecular weight excluding hydrogens is 232 g/mol. The lowest BCUT2D eigenvalue weighted by molar-refractivity contribution is -0.126. The van der Waals surface area contributed by atoms with Gasteiger partial charge in [0.1, 0.15) is 6.61 Å². The third-order valence-electron chi connectivity index (χ3n) is 2.65. The lowest BCUT2D eigenvalue weighted by Gasteiger charge is -2.38. The number of ether oxygens (including phenoxy) is 2. The second kappa shape index (κ2) is 7.84. The van der Waals surface area contributed by atoms with Gasteiger partial charge in [-0.3, -0.25) is 4.79 Å². The Bertz CT molecular complexity index is 210. The molecule has 16 heavy (non-hydrogen) atoms. The number of hydrogen-bond donors (Lipinski definition) is 2. The van der Waals surface area contributed by atoms with Crippen LogP contribution in [0.5, 0.6) is 0 Å². The molecule has 0 aliphatic heterocycles. The summed E-state index contributed by atoms with van der Waals surface area (Å²) in [7, 11) is 1.60. The lowest BCUT2D eigenvalue weighted by atomic mass is 9.78. The number of rotatable bonds is 7. The van der Waals surface area contributed by atoms with Crippen molar-refractivity contribution in [3.63, 3.8) is 0 Å². The molecule has 3 N–H and O–H groups in total. The van der Waals surface area contributed by atoms with Crippen LogP contribution in [0, 0.1) is 0 Å². The van der Waals surface area contributed by atoms with Crippen LogP contribution in [0.15, 0.2) is 0 Å². The molecule has 5 nitrogen and oxygen atoms in total. The van der Waals surface area contributed by atoms with Crippen LogP contribution < -0.4 is 11.1 Å². The van der Waals surface area contributed by atoms with Crippen molar-refractivity contribution in [1.82, 2.24) is 5.32 Å². The molecule has 1 saturated carbocycles. The van der Waals surface area contributed by atoms with Crippen LogP contribution in [0.1, 0.15) is 19.3 Å². The van der Waals surface area contributed by atoms with E-state index in [1.807, 2.05) is 0 Å². The number of halogens is 1. The monoisotopic (exact) mass is 252 g/mol. The maximum absolute atomic E-state index is 11.3. The first-order valence-electron chi connectivity index (χ1n) is 5.28. The van der Waals surface area contributed by atoms with Gasteiger partial charge in [0.25, 0.3) is 0 Å². The normalized spacial score (nSPS) is 17.1. The van der Waals surface area contributed by atoms with Gasteiger partial charge >= 0.3 is 0 Å². The van der Waals surface area contributed by atoms with Gasteiger partial charge in [-0.15, -0.1) is 12.4 Å². The zero-order valence-corrected chi connectivity index (χ0v) is 10.5. The molecule has 96 valence electrons. The van der Waals surface area contributed by atoms with Gasteiger partial charge in [0.15, 0.2) is 0 Å². The number of carbonyl (C=O) groups excluding carboxylic acids is 1. The summed E-state index contributed by atoms with van der Waals surface area (Å²) in [4.78, 5) is 11.3. The minimum absolute atomic E-state index is 0. The summed E-state index contributed by atoms with van der Waals surface area (Å²) in [5, 5.41) is 2.77. The molecule has 1 rings (SSSR count). The van der Waals surface area contributed by atoms with Crippen LogP contribution in [0.2, 0.25) is 0 Å². The van der Waals surface area contributed by atoms with Crippen molar-refractivity contribution in [3.8, 4) is 0 Å². The summed E-state index contributed by atoms with van der Waals surface area (Å²) in [5.74, 6) is -0.108. The molecule has 0 bridgehead atoms. The number of amides is 1. The molecule has 6 heteroatoms. The lowest BCUT2D eigenvalue weighted by Crippen LogP contribution is -2.55. The SMILES string of the molecule is COCCOCC(=O)NCC1(N)CCC1.Cl. The summed E-state index contributed by atoms with van der Waals surface area (Å²) in [6.45, 7) is 1.59. The Kier molecular flexibility index (Phi) is 7.66. The zero-order chi connectivity index (χ0) is 11.1. The van der Waals surface area contributed by atoms with E-state index in [2.05, 4.69) is 5.32 Å². The van der Waals surface area contributed by atoms with Gasteiger partial charge in [-0.05, 0) is 19.3 Å². The largest absolute Gasteiger partial charge is 0.382 e. The van der Waals surface area contributed by atoms with Crippen LogP contribution in [0.3, 0.4) is 0 Å². The number of methoxy groups -OCH3 is 1. The summed E-state index contributed by atoms with van der Waals surface area (Å²) in [6, 6.07) is 0. The van der Waals surface area contributed by atoms with E-state index in [4.69, 9.17) is 15.2 Å². The Morgan fingerprint density at radius 3 is 2.62 bits per heavy atom. The molecule has 0 spiro atoms. The van der Waals surface area contributed by atoms with Gasteiger partial charge < -0.3 is 20.5 Å². The van der Waals surface area contributed by atoms with E-state index in [0.29, 0.717) is 19.8 Å². The molecule has 0 radical (unpaired) electrons. The molecule has 1 fully saturated rings. The summed E-state index contributed by atoms with van der Waals surface area (Å²) >= 11 is 0. The van der Waals surface area contributed by atoms with Crippen molar-refractivity contribution in [3.05, 3.63) is 0 Å². The smallest absolute Gasteiger partial charge is 0.246 e. The van der Waals surface area contributed by atoms with Crippen LogP contribution in [-0.4, -0.2) is 44.9 Å². The third kappa shape index (κ3) is 5.65. The molecule has 0 atom stereocenters. The quantitative estimate of drug-likeness (QED) is 0.629. The Balaban J connectivity index is 0.00000225. The van der Waals surface area contributed by atoms with Gasteiger partial charge in [-0.1, -0.05) is 0 Å². The van der Waals surface area contributed by atoms with Gasteiger partial charge in [-0.2, -0.15) is 0 Å². The maximum Gasteiger partial charge on any atom is 0.246 e. The van der Waals surface area contributed by atoms with Gasteiger partial charge in [0.05, 0.1) is 13.2 Å². The Labute approximate surface area is 102 Å². The third-order valence-corrected chi connectivity index (χ3v) is 2.65. The predicted octanol–water partition coefficient (Wildman–Crippen LogP) is 0.0688. The Hall–Kier alpha value is -0.360. The molecule has 1 aliphatic rings. The fraction of sp³-hybridized carbons (Fsp3) is 0.900. The van der Waals surface area contributed by atoms with Crippen LogP contribution in [0.4, 0.5) is 0 Å². The van der Waals surface area contributed by atoms with Crippen molar-refractivity contribution in [2.24, 2.45) is 5.73 Å². The predicted molar refractivity (Wildman–Crippen MR) is 63.7 cm³/mol. The molecule has 0 unspecified atom stereocenters. The number of hydrogen-bond acceptors (Lipinski definition) is 4. The second-order valence-electron chi connectivity index (χ2n) is 4.04. The van der Waals surface area contributed by atoms with Crippen molar-refractivity contribution < 1.29 is 14.3 Å². The van der Waals surface area contributed by atoms with E-state index in [1.54, 1.807) is 7.11 Å². The van der Waals surface area contributed by atoms with Crippen LogP contribution >= 0.6 is 12.4 Å². The highest BCUT2D eigenvalue weighted by Crippen LogP contribution is 2.27. The Morgan fingerprint density at radius 2 is 2.12 bits per heavy atom. The van der Waals surface area contributed by atoms with Crippen LogP contribution in [0.25, 0.3) is 0 Å². The number of nitrogens with one attached hydrogen (secondary N) is 1. The topological polar surface area (TPSA) is 73.6 Å². The summed E-state index contributed by atoms with van der Waals surface area (Å²) in [6.07, 6.45) is 3.16. The zero-order valence-electron chi connectivity index (χ0n) is 9.66. The first kappa shape index (κ1) is 15.6. The fourth-order valence-corrected chi connectivity index (χ4v) is 1.44. The molecule has 1 aliphatic carbocycles.